The molecular formula is C21H18FN3O2S2. The molecule has 0 spiro atoms. The molecule has 0 aliphatic rings. The van der Waals surface area contributed by atoms with Gasteiger partial charge in [0.05, 0.1) is 22.7 Å². The summed E-state index contributed by atoms with van der Waals surface area (Å²) in [5.74, 6) is 0.691. The first-order valence-electron chi connectivity index (χ1n) is 8.99. The van der Waals surface area contributed by atoms with Crippen molar-refractivity contribution in [2.24, 2.45) is 0 Å². The first-order valence-corrected chi connectivity index (χ1v) is 10.7. The topological polar surface area (TPSA) is 68.0 Å². The van der Waals surface area contributed by atoms with Gasteiger partial charge in [-0.05, 0) is 36.9 Å². The highest BCUT2D eigenvalue weighted by Crippen LogP contribution is 2.28. The lowest BCUT2D eigenvalue weighted by atomic mass is 10.1. The number of hydrogen-bond acceptors (Lipinski definition) is 6. The first-order chi connectivity index (χ1) is 14.0. The summed E-state index contributed by atoms with van der Waals surface area (Å²) in [5, 5.41) is 5.27. The molecule has 29 heavy (non-hydrogen) atoms. The number of rotatable bonds is 6. The van der Waals surface area contributed by atoms with Gasteiger partial charge in [0.1, 0.15) is 11.6 Å². The van der Waals surface area contributed by atoms with Gasteiger partial charge in [0.25, 0.3) is 0 Å². The summed E-state index contributed by atoms with van der Waals surface area (Å²) in [4.78, 5) is 23.2. The number of nitrogens with zero attached hydrogens (tertiary/aromatic N) is 2. The summed E-state index contributed by atoms with van der Waals surface area (Å²) >= 11 is 2.89. The molecule has 8 heteroatoms. The Morgan fingerprint density at radius 2 is 2.00 bits per heavy atom. The predicted molar refractivity (Wildman–Crippen MR) is 113 cm³/mol. The van der Waals surface area contributed by atoms with E-state index in [4.69, 9.17) is 4.42 Å². The van der Waals surface area contributed by atoms with Gasteiger partial charge in [0, 0.05) is 11.3 Å². The molecule has 0 fully saturated rings. The quantitative estimate of drug-likeness (QED) is 0.448. The third-order valence-corrected chi connectivity index (χ3v) is 6.33. The molecule has 148 valence electrons. The van der Waals surface area contributed by atoms with E-state index in [1.54, 1.807) is 19.1 Å². The molecule has 4 rings (SSSR count). The molecule has 4 aromatic rings. The number of carbonyl (C=O) groups is 1. The van der Waals surface area contributed by atoms with Crippen molar-refractivity contribution in [3.8, 4) is 10.8 Å². The zero-order chi connectivity index (χ0) is 20.4. The lowest BCUT2D eigenvalue weighted by Crippen LogP contribution is -2.15. The SMILES string of the molecule is Cc1nc(NC(=O)Cc2nc(-c3cccs3)oc2C)sc1Cc1ccccc1F. The molecule has 0 saturated heterocycles. The molecule has 3 aromatic heterocycles. The Balaban J connectivity index is 1.44. The normalized spacial score (nSPS) is 11.0. The average Bonchev–Trinajstić information content (AvgIpc) is 3.39. The number of oxazole rings is 1. The second kappa shape index (κ2) is 8.26. The third kappa shape index (κ3) is 4.44. The lowest BCUT2D eigenvalue weighted by molar-refractivity contribution is -0.115. The summed E-state index contributed by atoms with van der Waals surface area (Å²) in [7, 11) is 0. The fraction of sp³-hybridized carbons (Fsp3) is 0.190. The molecule has 0 saturated carbocycles. The predicted octanol–water partition coefficient (Wildman–Crippen LogP) is 5.39. The number of halogens is 1. The van der Waals surface area contributed by atoms with E-state index in [0.29, 0.717) is 34.5 Å². The lowest BCUT2D eigenvalue weighted by Gasteiger charge is -2.01. The number of nitrogens with one attached hydrogen (secondary N) is 1. The Bertz CT molecular complexity index is 1150. The van der Waals surface area contributed by atoms with E-state index in [-0.39, 0.29) is 18.1 Å². The first kappa shape index (κ1) is 19.5. The van der Waals surface area contributed by atoms with Gasteiger partial charge in [-0.15, -0.1) is 22.7 Å². The minimum Gasteiger partial charge on any atom is -0.440 e. The second-order valence-corrected chi connectivity index (χ2v) is 8.55. The average molecular weight is 428 g/mol. The number of aromatic nitrogens is 2. The molecule has 1 aromatic carbocycles. The van der Waals surface area contributed by atoms with E-state index in [0.717, 1.165) is 15.4 Å². The van der Waals surface area contributed by atoms with Crippen molar-refractivity contribution >= 4 is 33.7 Å². The molecular weight excluding hydrogens is 409 g/mol. The standard InChI is InChI=1S/C21H18FN3O2S2/c1-12-18(10-14-6-3-4-7-15(14)22)29-21(23-12)25-19(26)11-16-13(2)27-20(24-16)17-8-5-9-28-17/h3-9H,10-11H2,1-2H3,(H,23,25,26). The molecule has 0 bridgehead atoms. The minimum absolute atomic E-state index is 0.0992. The van der Waals surface area contributed by atoms with Crippen LogP contribution in [-0.4, -0.2) is 15.9 Å². The third-order valence-electron chi connectivity index (χ3n) is 4.40. The summed E-state index contributed by atoms with van der Waals surface area (Å²) < 4.78 is 19.6. The van der Waals surface area contributed by atoms with Gasteiger partial charge in [-0.2, -0.15) is 0 Å². The second-order valence-electron chi connectivity index (χ2n) is 6.52. The highest BCUT2D eigenvalue weighted by atomic mass is 32.1. The smallest absolute Gasteiger partial charge is 0.236 e. The van der Waals surface area contributed by atoms with E-state index in [1.165, 1.54) is 28.7 Å². The zero-order valence-corrected chi connectivity index (χ0v) is 17.5. The highest BCUT2D eigenvalue weighted by molar-refractivity contribution is 7.16. The van der Waals surface area contributed by atoms with Gasteiger partial charge < -0.3 is 9.73 Å². The maximum Gasteiger partial charge on any atom is 0.236 e. The van der Waals surface area contributed by atoms with Crippen LogP contribution < -0.4 is 5.32 Å². The Morgan fingerprint density at radius 1 is 1.17 bits per heavy atom. The molecule has 0 aliphatic carbocycles. The van der Waals surface area contributed by atoms with E-state index in [2.05, 4.69) is 15.3 Å². The summed E-state index contributed by atoms with van der Waals surface area (Å²) in [6, 6.07) is 10.5. The van der Waals surface area contributed by atoms with Crippen molar-refractivity contribution in [1.82, 2.24) is 9.97 Å². The van der Waals surface area contributed by atoms with Crippen molar-refractivity contribution in [3.63, 3.8) is 0 Å². The summed E-state index contributed by atoms with van der Waals surface area (Å²) in [5.41, 5.74) is 1.99. The highest BCUT2D eigenvalue weighted by Gasteiger charge is 2.17. The number of carbonyl (C=O) groups excluding carboxylic acids is 1. The zero-order valence-electron chi connectivity index (χ0n) is 15.9. The van der Waals surface area contributed by atoms with Crippen molar-refractivity contribution in [2.75, 3.05) is 5.32 Å². The van der Waals surface area contributed by atoms with Crippen LogP contribution in [0.15, 0.2) is 46.2 Å². The van der Waals surface area contributed by atoms with Gasteiger partial charge in [-0.3, -0.25) is 4.79 Å². The van der Waals surface area contributed by atoms with E-state index in [1.807, 2.05) is 30.5 Å². The molecule has 3 heterocycles. The molecule has 0 unspecified atom stereocenters. The largest absolute Gasteiger partial charge is 0.440 e. The van der Waals surface area contributed by atoms with E-state index >= 15 is 0 Å². The molecule has 0 radical (unpaired) electrons. The van der Waals surface area contributed by atoms with Crippen molar-refractivity contribution in [2.45, 2.75) is 26.7 Å². The molecule has 0 aliphatic heterocycles. The Labute approximate surface area is 175 Å². The minimum atomic E-state index is -0.242. The van der Waals surface area contributed by atoms with Gasteiger partial charge in [0.15, 0.2) is 5.13 Å². The number of hydrogen-bond donors (Lipinski definition) is 1. The fourth-order valence-electron chi connectivity index (χ4n) is 2.87. The molecule has 0 atom stereocenters. The van der Waals surface area contributed by atoms with Gasteiger partial charge in [0.2, 0.25) is 11.8 Å². The number of thiophene rings is 1. The van der Waals surface area contributed by atoms with Crippen LogP contribution >= 0.6 is 22.7 Å². The number of amides is 1. The number of benzene rings is 1. The van der Waals surface area contributed by atoms with Crippen LogP contribution in [0.25, 0.3) is 10.8 Å². The van der Waals surface area contributed by atoms with E-state index in [9.17, 15) is 9.18 Å². The summed E-state index contributed by atoms with van der Waals surface area (Å²) in [6.45, 7) is 3.66. The number of thiazole rings is 1. The Hall–Kier alpha value is -2.84. The van der Waals surface area contributed by atoms with Crippen LogP contribution in [0.2, 0.25) is 0 Å². The monoisotopic (exact) mass is 427 g/mol. The number of anilines is 1. The van der Waals surface area contributed by atoms with Gasteiger partial charge in [-0.1, -0.05) is 24.3 Å². The van der Waals surface area contributed by atoms with Crippen LogP contribution in [-0.2, 0) is 17.6 Å². The van der Waals surface area contributed by atoms with Crippen molar-refractivity contribution in [1.29, 1.82) is 0 Å². The summed E-state index contributed by atoms with van der Waals surface area (Å²) in [6.07, 6.45) is 0.542. The van der Waals surface area contributed by atoms with Crippen LogP contribution in [0.5, 0.6) is 0 Å². The maximum atomic E-state index is 13.9. The van der Waals surface area contributed by atoms with Crippen LogP contribution in [0.3, 0.4) is 0 Å². The van der Waals surface area contributed by atoms with Gasteiger partial charge >= 0.3 is 0 Å². The van der Waals surface area contributed by atoms with Crippen LogP contribution in [0.1, 0.15) is 27.6 Å². The van der Waals surface area contributed by atoms with Crippen LogP contribution in [0, 0.1) is 19.7 Å². The maximum absolute atomic E-state index is 13.9. The van der Waals surface area contributed by atoms with Crippen LogP contribution in [0.4, 0.5) is 9.52 Å². The van der Waals surface area contributed by atoms with E-state index < -0.39 is 0 Å². The Kier molecular flexibility index (Phi) is 5.55. The number of aryl methyl sites for hydroxylation is 2. The molecule has 1 N–H and O–H groups in total. The van der Waals surface area contributed by atoms with Crippen molar-refractivity contribution in [3.05, 3.63) is 75.2 Å². The molecule has 1 amide bonds. The van der Waals surface area contributed by atoms with Gasteiger partial charge in [-0.25, -0.2) is 14.4 Å². The Morgan fingerprint density at radius 3 is 2.76 bits per heavy atom. The molecule has 5 nitrogen and oxygen atoms in total. The van der Waals surface area contributed by atoms with Crippen molar-refractivity contribution < 1.29 is 13.6 Å². The fourth-order valence-corrected chi connectivity index (χ4v) is 4.52.